The van der Waals surface area contributed by atoms with Gasteiger partial charge >= 0.3 is 0 Å². The normalized spacial score (nSPS) is 14.5. The summed E-state index contributed by atoms with van der Waals surface area (Å²) >= 11 is 12.7. The van der Waals surface area contributed by atoms with Crippen molar-refractivity contribution in [3.8, 4) is 0 Å². The summed E-state index contributed by atoms with van der Waals surface area (Å²) in [6.07, 6.45) is 3.91. The highest BCUT2D eigenvalue weighted by atomic mass is 35.5. The van der Waals surface area contributed by atoms with Crippen molar-refractivity contribution in [2.45, 2.75) is 63.1 Å². The van der Waals surface area contributed by atoms with Gasteiger partial charge in [-0.3, -0.25) is 13.9 Å². The van der Waals surface area contributed by atoms with Gasteiger partial charge in [0.2, 0.25) is 11.8 Å². The fraction of sp³-hybridized carbons (Fsp3) is 0.333. The number of anilines is 1. The SMILES string of the molecule is Cc1ccc(CN(C(=O)CN(c2cccc(Cl)c2Cl)S(=O)(=O)c2ccccc2)[C@H](C)C(=O)NC2CCCC2)cc1. The quantitative estimate of drug-likeness (QED) is 0.310. The van der Waals surface area contributed by atoms with E-state index in [1.807, 2.05) is 31.2 Å². The van der Waals surface area contributed by atoms with Crippen LogP contribution in [0.15, 0.2) is 77.7 Å². The molecule has 0 bridgehead atoms. The molecule has 0 unspecified atom stereocenters. The van der Waals surface area contributed by atoms with Gasteiger partial charge in [0.15, 0.2) is 0 Å². The lowest BCUT2D eigenvalue weighted by Gasteiger charge is -2.32. The van der Waals surface area contributed by atoms with Gasteiger partial charge in [0.25, 0.3) is 10.0 Å². The molecule has 212 valence electrons. The molecule has 0 spiro atoms. The molecule has 0 aliphatic heterocycles. The molecule has 40 heavy (non-hydrogen) atoms. The molecule has 3 aromatic carbocycles. The number of nitrogens with one attached hydrogen (secondary N) is 1. The van der Waals surface area contributed by atoms with E-state index in [9.17, 15) is 18.0 Å². The smallest absolute Gasteiger partial charge is 0.264 e. The van der Waals surface area contributed by atoms with Gasteiger partial charge < -0.3 is 10.2 Å². The van der Waals surface area contributed by atoms with Crippen LogP contribution < -0.4 is 9.62 Å². The van der Waals surface area contributed by atoms with Gasteiger partial charge in [-0.25, -0.2) is 8.42 Å². The number of rotatable bonds is 10. The van der Waals surface area contributed by atoms with E-state index in [0.29, 0.717) is 0 Å². The molecule has 1 N–H and O–H groups in total. The van der Waals surface area contributed by atoms with Gasteiger partial charge in [-0.15, -0.1) is 0 Å². The highest BCUT2D eigenvalue weighted by Gasteiger charge is 2.34. The highest BCUT2D eigenvalue weighted by Crippen LogP contribution is 2.35. The van der Waals surface area contributed by atoms with Crippen molar-refractivity contribution in [2.75, 3.05) is 10.8 Å². The van der Waals surface area contributed by atoms with Crippen LogP contribution >= 0.6 is 23.2 Å². The summed E-state index contributed by atoms with van der Waals surface area (Å²) in [6.45, 7) is 3.18. The highest BCUT2D eigenvalue weighted by molar-refractivity contribution is 7.92. The van der Waals surface area contributed by atoms with Crippen LogP contribution in [0.2, 0.25) is 10.0 Å². The van der Waals surface area contributed by atoms with E-state index in [1.54, 1.807) is 37.3 Å². The third kappa shape index (κ3) is 6.97. The number of nitrogens with zero attached hydrogens (tertiary/aromatic N) is 2. The van der Waals surface area contributed by atoms with E-state index in [-0.39, 0.29) is 39.1 Å². The van der Waals surface area contributed by atoms with Crippen LogP contribution in [0.25, 0.3) is 0 Å². The predicted molar refractivity (Wildman–Crippen MR) is 159 cm³/mol. The molecule has 3 aromatic rings. The third-order valence-corrected chi connectivity index (χ3v) is 9.74. The van der Waals surface area contributed by atoms with Crippen molar-refractivity contribution in [3.05, 3.63) is 94.0 Å². The van der Waals surface area contributed by atoms with Crippen LogP contribution in [0.3, 0.4) is 0 Å². The van der Waals surface area contributed by atoms with E-state index in [1.165, 1.54) is 23.1 Å². The van der Waals surface area contributed by atoms with Gasteiger partial charge in [0.1, 0.15) is 12.6 Å². The minimum absolute atomic E-state index is 0.00375. The zero-order chi connectivity index (χ0) is 28.9. The first-order valence-electron chi connectivity index (χ1n) is 13.2. The molecule has 1 aliphatic carbocycles. The standard InChI is InChI=1S/C30H33Cl2N3O4S/c1-21-15-17-23(18-16-21)19-34(22(2)30(37)33-24-9-6-7-10-24)28(36)20-35(27-14-8-13-26(31)29(27)32)40(38,39)25-11-4-3-5-12-25/h3-5,8,11-18,22,24H,6-7,9-10,19-20H2,1-2H3,(H,33,37)/t22-/m1/s1. The second-order valence-electron chi connectivity index (χ2n) is 10.1. The molecule has 4 rings (SSSR count). The Hall–Kier alpha value is -3.07. The van der Waals surface area contributed by atoms with Gasteiger partial charge in [0.05, 0.1) is 20.6 Å². The van der Waals surface area contributed by atoms with E-state index in [2.05, 4.69) is 5.32 Å². The fourth-order valence-electron chi connectivity index (χ4n) is 4.78. The minimum atomic E-state index is -4.22. The molecule has 10 heteroatoms. The summed E-state index contributed by atoms with van der Waals surface area (Å²) in [5, 5.41) is 3.22. The molecule has 0 saturated heterocycles. The summed E-state index contributed by atoms with van der Waals surface area (Å²) in [5.41, 5.74) is 1.95. The Morgan fingerprint density at radius 2 is 1.60 bits per heavy atom. The maximum absolute atomic E-state index is 14.0. The number of carbonyl (C=O) groups is 2. The number of hydrogen-bond acceptors (Lipinski definition) is 4. The topological polar surface area (TPSA) is 86.8 Å². The minimum Gasteiger partial charge on any atom is -0.352 e. The Morgan fingerprint density at radius 1 is 0.950 bits per heavy atom. The Bertz CT molecular complexity index is 1440. The fourth-order valence-corrected chi connectivity index (χ4v) is 6.68. The van der Waals surface area contributed by atoms with E-state index < -0.39 is 28.5 Å². The van der Waals surface area contributed by atoms with Gasteiger partial charge in [0, 0.05) is 12.6 Å². The number of sulfonamides is 1. The average molecular weight is 603 g/mol. The second kappa shape index (κ2) is 13.1. The predicted octanol–water partition coefficient (Wildman–Crippen LogP) is 5.97. The van der Waals surface area contributed by atoms with Gasteiger partial charge in [-0.05, 0) is 56.5 Å². The summed E-state index contributed by atoms with van der Waals surface area (Å²) in [4.78, 5) is 28.7. The number of aryl methyl sites for hydroxylation is 1. The molecule has 2 amide bonds. The molecule has 1 aliphatic rings. The van der Waals surface area contributed by atoms with Crippen molar-refractivity contribution in [2.24, 2.45) is 0 Å². The maximum Gasteiger partial charge on any atom is 0.264 e. The van der Waals surface area contributed by atoms with E-state index in [4.69, 9.17) is 23.2 Å². The summed E-state index contributed by atoms with van der Waals surface area (Å²) in [7, 11) is -4.22. The first-order chi connectivity index (χ1) is 19.1. The molecule has 7 nitrogen and oxygen atoms in total. The molecule has 1 atom stereocenters. The largest absolute Gasteiger partial charge is 0.352 e. The van der Waals surface area contributed by atoms with Crippen LogP contribution in [0.4, 0.5) is 5.69 Å². The number of carbonyl (C=O) groups excluding carboxylic acids is 2. The number of benzene rings is 3. The Kier molecular flexibility index (Phi) is 9.77. The molecular weight excluding hydrogens is 569 g/mol. The van der Waals surface area contributed by atoms with Crippen LogP contribution in [-0.2, 0) is 26.2 Å². The Labute approximate surface area is 246 Å². The molecule has 1 saturated carbocycles. The van der Waals surface area contributed by atoms with Gasteiger partial charge in [-0.1, -0.05) is 90.1 Å². The average Bonchev–Trinajstić information content (AvgIpc) is 3.46. The van der Waals surface area contributed by atoms with Crippen LogP contribution in [0.5, 0.6) is 0 Å². The first-order valence-corrected chi connectivity index (χ1v) is 15.4. The second-order valence-corrected chi connectivity index (χ2v) is 12.7. The monoisotopic (exact) mass is 601 g/mol. The summed E-state index contributed by atoms with van der Waals surface area (Å²) < 4.78 is 28.7. The molecule has 0 aromatic heterocycles. The summed E-state index contributed by atoms with van der Waals surface area (Å²) in [6, 6.07) is 19.3. The zero-order valence-electron chi connectivity index (χ0n) is 22.5. The Balaban J connectivity index is 1.70. The lowest BCUT2D eigenvalue weighted by Crippen LogP contribution is -2.52. The molecule has 0 radical (unpaired) electrons. The van der Waals surface area contributed by atoms with Gasteiger partial charge in [-0.2, -0.15) is 0 Å². The van der Waals surface area contributed by atoms with Crippen LogP contribution in [0, 0.1) is 6.92 Å². The molecule has 1 fully saturated rings. The number of halogens is 2. The lowest BCUT2D eigenvalue weighted by molar-refractivity contribution is -0.139. The van der Waals surface area contributed by atoms with Crippen molar-refractivity contribution < 1.29 is 18.0 Å². The number of hydrogen-bond donors (Lipinski definition) is 1. The van der Waals surface area contributed by atoms with E-state index >= 15 is 0 Å². The lowest BCUT2D eigenvalue weighted by atomic mass is 10.1. The van der Waals surface area contributed by atoms with Crippen molar-refractivity contribution in [3.63, 3.8) is 0 Å². The number of amides is 2. The molecular formula is C30H33Cl2N3O4S. The van der Waals surface area contributed by atoms with Crippen molar-refractivity contribution in [1.82, 2.24) is 10.2 Å². The van der Waals surface area contributed by atoms with Crippen molar-refractivity contribution >= 4 is 50.7 Å². The van der Waals surface area contributed by atoms with Crippen LogP contribution in [-0.4, -0.2) is 43.8 Å². The first kappa shape index (κ1) is 29.9. The maximum atomic E-state index is 14.0. The zero-order valence-corrected chi connectivity index (χ0v) is 24.8. The summed E-state index contributed by atoms with van der Waals surface area (Å²) in [5.74, 6) is -0.823. The van der Waals surface area contributed by atoms with Crippen LogP contribution in [0.1, 0.15) is 43.7 Å². The Morgan fingerprint density at radius 3 is 2.25 bits per heavy atom. The third-order valence-electron chi connectivity index (χ3n) is 7.15. The van der Waals surface area contributed by atoms with E-state index in [0.717, 1.165) is 41.1 Å². The van der Waals surface area contributed by atoms with Crippen molar-refractivity contribution in [1.29, 1.82) is 0 Å². The molecule has 0 heterocycles.